The topological polar surface area (TPSA) is 93.7 Å². The van der Waals surface area contributed by atoms with Gasteiger partial charge in [-0.05, 0) is 37.8 Å². The third kappa shape index (κ3) is 13.4. The van der Waals surface area contributed by atoms with Crippen LogP contribution < -0.4 is 10.6 Å². The van der Waals surface area contributed by atoms with Crippen molar-refractivity contribution in [2.45, 2.75) is 25.7 Å². The number of nitrogens with one attached hydrogen (secondary N) is 2. The molecule has 0 bridgehead atoms. The van der Waals surface area contributed by atoms with Crippen molar-refractivity contribution in [3.63, 3.8) is 0 Å². The first kappa shape index (κ1) is 20.4. The molecule has 22 heavy (non-hydrogen) atoms. The van der Waals surface area contributed by atoms with Gasteiger partial charge in [0.25, 0.3) is 0 Å². The van der Waals surface area contributed by atoms with E-state index in [2.05, 4.69) is 23.8 Å². The van der Waals surface area contributed by atoms with Crippen molar-refractivity contribution in [1.29, 1.82) is 0 Å². The van der Waals surface area contributed by atoms with Gasteiger partial charge in [0.1, 0.15) is 13.2 Å². The van der Waals surface area contributed by atoms with Gasteiger partial charge in [0.05, 0.1) is 0 Å². The molecule has 0 aromatic rings. The average molecular weight is 331 g/mol. The summed E-state index contributed by atoms with van der Waals surface area (Å²) in [6.45, 7) is 8.37. The van der Waals surface area contributed by atoms with Crippen molar-refractivity contribution in [3.05, 3.63) is 25.3 Å². The Morgan fingerprint density at radius 3 is 1.64 bits per heavy atom. The molecule has 0 aliphatic rings. The molecule has 124 valence electrons. The van der Waals surface area contributed by atoms with Crippen molar-refractivity contribution >= 4 is 20.1 Å². The second-order valence-electron chi connectivity index (χ2n) is 4.29. The van der Waals surface area contributed by atoms with Crippen LogP contribution in [0.15, 0.2) is 25.3 Å². The predicted molar refractivity (Wildman–Crippen MR) is 84.4 cm³/mol. The highest BCUT2D eigenvalue weighted by atomic mass is 31.1. The van der Waals surface area contributed by atoms with E-state index in [1.165, 1.54) is 12.2 Å². The molecule has 0 saturated heterocycles. The summed E-state index contributed by atoms with van der Waals surface area (Å²) >= 11 is 0. The van der Waals surface area contributed by atoms with Gasteiger partial charge >= 0.3 is 8.25 Å². The highest BCUT2D eigenvalue weighted by Gasteiger charge is 2.18. The van der Waals surface area contributed by atoms with Crippen LogP contribution in [0.25, 0.3) is 0 Å². The zero-order valence-electron chi connectivity index (χ0n) is 12.7. The first-order chi connectivity index (χ1) is 10.6. The highest BCUT2D eigenvalue weighted by Crippen LogP contribution is 2.24. The first-order valence-electron chi connectivity index (χ1n) is 7.13. The third-order valence-corrected chi connectivity index (χ3v) is 3.29. The Morgan fingerprint density at radius 1 is 0.864 bits per heavy atom. The molecule has 0 aromatic carbocycles. The van der Waals surface area contributed by atoms with Crippen molar-refractivity contribution < 1.29 is 23.2 Å². The highest BCUT2D eigenvalue weighted by molar-refractivity contribution is 7.33. The smallest absolute Gasteiger partial charge is 0.353 e. The number of rotatable bonds is 14. The van der Waals surface area contributed by atoms with Gasteiger partial charge in [-0.25, -0.2) is 0 Å². The third-order valence-electron chi connectivity index (χ3n) is 2.50. The Bertz CT molecular complexity index is 353. The summed E-state index contributed by atoms with van der Waals surface area (Å²) in [5.74, 6) is -0.417. The molecular formula is C14H24N2O5P+. The van der Waals surface area contributed by atoms with Gasteiger partial charge in [0.2, 0.25) is 11.8 Å². The Balaban J connectivity index is 3.32. The van der Waals surface area contributed by atoms with Gasteiger partial charge in [0, 0.05) is 17.7 Å². The van der Waals surface area contributed by atoms with Gasteiger partial charge in [-0.15, -0.1) is 9.05 Å². The maximum atomic E-state index is 11.4. The number of amides is 2. The Labute approximate surface area is 132 Å². The fraction of sp³-hybridized carbons (Fsp3) is 0.571. The van der Waals surface area contributed by atoms with E-state index < -0.39 is 8.25 Å². The number of unbranched alkanes of at least 4 members (excludes halogenated alkanes) is 2. The van der Waals surface area contributed by atoms with E-state index in [1.54, 1.807) is 0 Å². The monoisotopic (exact) mass is 331 g/mol. The summed E-state index contributed by atoms with van der Waals surface area (Å²) in [5.41, 5.74) is 0. The molecule has 0 radical (unpaired) electrons. The van der Waals surface area contributed by atoms with E-state index in [9.17, 15) is 14.2 Å². The van der Waals surface area contributed by atoms with Crippen molar-refractivity contribution in [2.24, 2.45) is 0 Å². The molecule has 0 aliphatic carbocycles. The van der Waals surface area contributed by atoms with Crippen LogP contribution in [-0.4, -0.2) is 38.1 Å². The van der Waals surface area contributed by atoms with E-state index in [1.807, 2.05) is 0 Å². The summed E-state index contributed by atoms with van der Waals surface area (Å²) in [7, 11) is -2.11. The molecule has 0 saturated carbocycles. The van der Waals surface area contributed by atoms with Crippen LogP contribution >= 0.6 is 8.25 Å². The van der Waals surface area contributed by atoms with Crippen molar-refractivity contribution in [1.82, 2.24) is 10.6 Å². The van der Waals surface area contributed by atoms with Crippen LogP contribution in [0.2, 0.25) is 0 Å². The minimum absolute atomic E-state index is 0.209. The molecule has 0 aliphatic heterocycles. The van der Waals surface area contributed by atoms with E-state index in [-0.39, 0.29) is 11.8 Å². The van der Waals surface area contributed by atoms with Gasteiger partial charge in [-0.2, -0.15) is 0 Å². The Kier molecular flexibility index (Phi) is 13.4. The number of carbonyl (C=O) groups excluding carboxylic acids is 2. The second-order valence-corrected chi connectivity index (χ2v) is 5.26. The fourth-order valence-electron chi connectivity index (χ4n) is 1.34. The zero-order valence-corrected chi connectivity index (χ0v) is 13.6. The largest absolute Gasteiger partial charge is 0.697 e. The van der Waals surface area contributed by atoms with E-state index >= 15 is 0 Å². The molecule has 2 amide bonds. The quantitative estimate of drug-likeness (QED) is 0.288. The van der Waals surface area contributed by atoms with Crippen LogP contribution in [0.4, 0.5) is 0 Å². The number of hydrogen-bond acceptors (Lipinski definition) is 5. The molecule has 0 fully saturated rings. The molecule has 0 rings (SSSR count). The fourth-order valence-corrected chi connectivity index (χ4v) is 1.97. The van der Waals surface area contributed by atoms with Crippen molar-refractivity contribution in [3.8, 4) is 0 Å². The molecule has 0 spiro atoms. The van der Waals surface area contributed by atoms with Gasteiger partial charge in [-0.1, -0.05) is 13.2 Å². The normalized spacial score (nSPS) is 9.82. The average Bonchev–Trinajstić information content (AvgIpc) is 2.53. The lowest BCUT2D eigenvalue weighted by atomic mass is 10.3. The molecule has 8 heteroatoms. The molecule has 2 N–H and O–H groups in total. The number of hydrogen-bond donors (Lipinski definition) is 2. The summed E-state index contributed by atoms with van der Waals surface area (Å²) < 4.78 is 21.4. The molecule has 7 nitrogen and oxygen atoms in total. The zero-order chi connectivity index (χ0) is 16.6. The minimum atomic E-state index is -2.11. The Hall–Kier alpha value is -1.56. The van der Waals surface area contributed by atoms with Crippen LogP contribution in [0.5, 0.6) is 0 Å². The maximum Gasteiger partial charge on any atom is 0.697 e. The van der Waals surface area contributed by atoms with E-state index in [0.29, 0.717) is 39.1 Å². The van der Waals surface area contributed by atoms with E-state index in [4.69, 9.17) is 9.05 Å². The van der Waals surface area contributed by atoms with Crippen LogP contribution in [0.1, 0.15) is 25.7 Å². The predicted octanol–water partition coefficient (Wildman–Crippen LogP) is 1.84. The van der Waals surface area contributed by atoms with Crippen LogP contribution in [-0.2, 0) is 23.2 Å². The maximum absolute atomic E-state index is 11.4. The summed E-state index contributed by atoms with van der Waals surface area (Å²) in [4.78, 5) is 21.7. The molecule has 0 heterocycles. The van der Waals surface area contributed by atoms with Crippen LogP contribution in [0, 0.1) is 0 Å². The minimum Gasteiger partial charge on any atom is -0.353 e. The van der Waals surface area contributed by atoms with Gasteiger partial charge in [0.15, 0.2) is 0 Å². The number of carbonyl (C=O) groups is 2. The van der Waals surface area contributed by atoms with Crippen LogP contribution in [0.3, 0.4) is 0 Å². The summed E-state index contributed by atoms with van der Waals surface area (Å²) in [6.07, 6.45) is 5.23. The van der Waals surface area contributed by atoms with Crippen molar-refractivity contribution in [2.75, 3.05) is 26.3 Å². The van der Waals surface area contributed by atoms with Gasteiger partial charge < -0.3 is 10.6 Å². The first-order valence-corrected chi connectivity index (χ1v) is 8.23. The lowest BCUT2D eigenvalue weighted by Crippen LogP contribution is -2.22. The molecule has 0 aromatic heterocycles. The standard InChI is InChI=1S/C14H23N2O5P/c1-3-13(17)15-9-5-7-11-20-22(19)21-12-8-6-10-16-14(18)4-2/h3-4H,1-2,5-12H2,(H-,15,16,17,18)/p+1. The Morgan fingerprint density at radius 2 is 1.27 bits per heavy atom. The summed E-state index contributed by atoms with van der Waals surface area (Å²) in [6, 6.07) is 0. The SMILES string of the molecule is C=CC(=O)NCCCCO[P+](=O)OCCCCNC(=O)C=C. The molecular weight excluding hydrogens is 307 g/mol. The lowest BCUT2D eigenvalue weighted by molar-refractivity contribution is -0.117. The molecule has 0 atom stereocenters. The summed E-state index contributed by atoms with van der Waals surface area (Å²) in [5, 5.41) is 5.27. The van der Waals surface area contributed by atoms with E-state index in [0.717, 1.165) is 12.8 Å². The van der Waals surface area contributed by atoms with Gasteiger partial charge in [-0.3, -0.25) is 9.59 Å². The molecule has 0 unspecified atom stereocenters. The lowest BCUT2D eigenvalue weighted by Gasteiger charge is -2.00. The second kappa shape index (κ2) is 14.4.